The van der Waals surface area contributed by atoms with E-state index < -0.39 is 11.4 Å². The number of hydrogen-bond donors (Lipinski definition) is 1. The number of carboxylic acids is 1. The molecule has 1 aliphatic heterocycles. The van der Waals surface area contributed by atoms with Crippen LogP contribution in [0.3, 0.4) is 0 Å². The van der Waals surface area contributed by atoms with E-state index >= 15 is 0 Å². The summed E-state index contributed by atoms with van der Waals surface area (Å²) in [4.78, 5) is 23.6. The number of pyridine rings is 1. The van der Waals surface area contributed by atoms with Crippen molar-refractivity contribution in [1.29, 1.82) is 0 Å². The first kappa shape index (κ1) is 12.0. The number of hydrogen-bond acceptors (Lipinski definition) is 3. The third kappa shape index (κ3) is 1.69. The summed E-state index contributed by atoms with van der Waals surface area (Å²) in [6, 6.07) is 5.05. The summed E-state index contributed by atoms with van der Waals surface area (Å²) in [6.45, 7) is 1.01. The number of aromatic carboxylic acids is 1. The molecule has 0 saturated heterocycles. The Bertz CT molecular complexity index is 750. The number of aryl methyl sites for hydroxylation is 1. The van der Waals surface area contributed by atoms with Gasteiger partial charge in [0.1, 0.15) is 0 Å². The number of aromatic nitrogens is 1. The van der Waals surface area contributed by atoms with E-state index in [2.05, 4.69) is 0 Å². The maximum atomic E-state index is 12.3. The van der Waals surface area contributed by atoms with Crippen molar-refractivity contribution in [2.45, 2.75) is 13.0 Å². The molecular weight excluding hydrogens is 270 g/mol. The normalized spacial score (nSPS) is 13.9. The van der Waals surface area contributed by atoms with Gasteiger partial charge >= 0.3 is 5.97 Å². The summed E-state index contributed by atoms with van der Waals surface area (Å²) in [5.74, 6) is -1.17. The Morgan fingerprint density at radius 3 is 2.95 bits per heavy atom. The Balaban J connectivity index is 2.55. The van der Waals surface area contributed by atoms with Gasteiger partial charge in [-0.25, -0.2) is 4.79 Å². The van der Waals surface area contributed by atoms with Crippen molar-refractivity contribution < 1.29 is 14.6 Å². The van der Waals surface area contributed by atoms with Gasteiger partial charge in [-0.3, -0.25) is 4.79 Å². The third-order valence-corrected chi connectivity index (χ3v) is 3.49. The van der Waals surface area contributed by atoms with Crippen molar-refractivity contribution >= 4 is 28.5 Å². The van der Waals surface area contributed by atoms with Crippen LogP contribution in [0.15, 0.2) is 23.0 Å². The van der Waals surface area contributed by atoms with Gasteiger partial charge in [0.25, 0.3) is 0 Å². The zero-order chi connectivity index (χ0) is 13.6. The predicted octanol–water partition coefficient (Wildman–Crippen LogP) is 2.14. The second-order valence-electron chi connectivity index (χ2n) is 4.30. The number of fused-ring (bicyclic) bond motifs is 3. The first-order valence-corrected chi connectivity index (χ1v) is 6.20. The Hall–Kier alpha value is -2.01. The molecule has 1 aromatic heterocycles. The number of halogens is 1. The largest absolute Gasteiger partial charge is 0.478 e. The highest BCUT2D eigenvalue weighted by atomic mass is 35.5. The van der Waals surface area contributed by atoms with Gasteiger partial charge in [0.15, 0.2) is 5.56 Å². The number of benzene rings is 1. The molecule has 1 aliphatic rings. The fraction of sp³-hybridized carbons (Fsp3) is 0.231. The van der Waals surface area contributed by atoms with Crippen LogP contribution in [0.4, 0.5) is 0 Å². The van der Waals surface area contributed by atoms with Crippen molar-refractivity contribution in [2.24, 2.45) is 0 Å². The summed E-state index contributed by atoms with van der Waals surface area (Å²) < 4.78 is 7.09. The number of ether oxygens (including phenoxy) is 1. The molecule has 1 aromatic carbocycles. The lowest BCUT2D eigenvalue weighted by atomic mass is 10.1. The molecule has 0 atom stereocenters. The molecule has 0 unspecified atom stereocenters. The molecule has 0 radical (unpaired) electrons. The standard InChI is InChI=1S/C13H10ClNO4/c14-7-3-1-4-8-9(7)11(16)10(13(17)18)12-15(8)5-2-6-19-12/h1,3-4H,2,5-6H2,(H,17,18). The Kier molecular flexibility index (Phi) is 2.71. The zero-order valence-corrected chi connectivity index (χ0v) is 10.6. The first-order chi connectivity index (χ1) is 9.11. The number of carboxylic acid groups (broad SMARTS) is 1. The zero-order valence-electron chi connectivity index (χ0n) is 9.85. The van der Waals surface area contributed by atoms with Crippen LogP contribution >= 0.6 is 11.6 Å². The minimum absolute atomic E-state index is 0.124. The van der Waals surface area contributed by atoms with Crippen molar-refractivity contribution in [3.05, 3.63) is 39.0 Å². The van der Waals surface area contributed by atoms with Crippen molar-refractivity contribution in [2.75, 3.05) is 6.61 Å². The Morgan fingerprint density at radius 2 is 2.21 bits per heavy atom. The fourth-order valence-electron chi connectivity index (χ4n) is 2.38. The van der Waals surface area contributed by atoms with Gasteiger partial charge in [-0.1, -0.05) is 17.7 Å². The average Bonchev–Trinajstić information content (AvgIpc) is 2.38. The van der Waals surface area contributed by atoms with E-state index in [1.807, 2.05) is 0 Å². The minimum Gasteiger partial charge on any atom is -0.478 e. The number of carbonyl (C=O) groups is 1. The van der Waals surface area contributed by atoms with E-state index in [0.717, 1.165) is 6.42 Å². The van der Waals surface area contributed by atoms with E-state index in [1.54, 1.807) is 22.8 Å². The van der Waals surface area contributed by atoms with Crippen LogP contribution in [0.1, 0.15) is 16.8 Å². The SMILES string of the molecule is O=C(O)c1c2n(c3cccc(Cl)c3c1=O)CCCO2. The molecule has 0 saturated carbocycles. The summed E-state index contributed by atoms with van der Waals surface area (Å²) in [7, 11) is 0. The van der Waals surface area contributed by atoms with Gasteiger partial charge in [0.2, 0.25) is 11.3 Å². The van der Waals surface area contributed by atoms with E-state index in [4.69, 9.17) is 16.3 Å². The second kappa shape index (κ2) is 4.28. The molecule has 2 heterocycles. The Morgan fingerprint density at radius 1 is 1.42 bits per heavy atom. The Labute approximate surface area is 113 Å². The van der Waals surface area contributed by atoms with E-state index in [-0.39, 0.29) is 21.9 Å². The highest BCUT2D eigenvalue weighted by Crippen LogP contribution is 2.29. The summed E-state index contributed by atoms with van der Waals surface area (Å²) in [5, 5.41) is 9.72. The van der Waals surface area contributed by atoms with Gasteiger partial charge in [-0.15, -0.1) is 0 Å². The lowest BCUT2D eigenvalue weighted by molar-refractivity contribution is 0.0686. The van der Waals surface area contributed by atoms with E-state index in [1.165, 1.54) is 0 Å². The molecule has 0 aliphatic carbocycles. The molecule has 19 heavy (non-hydrogen) atoms. The molecular formula is C13H10ClNO4. The topological polar surface area (TPSA) is 68.5 Å². The molecule has 0 spiro atoms. The molecule has 0 amide bonds. The molecule has 0 fully saturated rings. The molecule has 1 N–H and O–H groups in total. The van der Waals surface area contributed by atoms with Crippen LogP contribution in [-0.4, -0.2) is 22.2 Å². The smallest absolute Gasteiger partial charge is 0.345 e. The monoisotopic (exact) mass is 279 g/mol. The van der Waals surface area contributed by atoms with Crippen LogP contribution in [0.2, 0.25) is 5.02 Å². The lowest BCUT2D eigenvalue weighted by Crippen LogP contribution is -2.26. The first-order valence-electron chi connectivity index (χ1n) is 5.82. The average molecular weight is 280 g/mol. The molecule has 98 valence electrons. The van der Waals surface area contributed by atoms with Crippen molar-refractivity contribution in [3.8, 4) is 5.88 Å². The summed E-state index contributed by atoms with van der Waals surface area (Å²) >= 11 is 6.03. The van der Waals surface area contributed by atoms with Gasteiger partial charge in [-0.05, 0) is 18.6 Å². The van der Waals surface area contributed by atoms with E-state index in [0.29, 0.717) is 18.7 Å². The second-order valence-corrected chi connectivity index (χ2v) is 4.71. The predicted molar refractivity (Wildman–Crippen MR) is 70.3 cm³/mol. The highest BCUT2D eigenvalue weighted by molar-refractivity contribution is 6.35. The number of nitrogens with zero attached hydrogens (tertiary/aromatic N) is 1. The van der Waals surface area contributed by atoms with Crippen molar-refractivity contribution in [3.63, 3.8) is 0 Å². The van der Waals surface area contributed by atoms with Crippen LogP contribution in [-0.2, 0) is 6.54 Å². The third-order valence-electron chi connectivity index (χ3n) is 3.17. The van der Waals surface area contributed by atoms with Crippen LogP contribution < -0.4 is 10.2 Å². The molecule has 0 bridgehead atoms. The molecule has 5 nitrogen and oxygen atoms in total. The quantitative estimate of drug-likeness (QED) is 0.868. The minimum atomic E-state index is -1.29. The molecule has 6 heteroatoms. The van der Waals surface area contributed by atoms with Crippen molar-refractivity contribution in [1.82, 2.24) is 4.57 Å². The van der Waals surface area contributed by atoms with E-state index in [9.17, 15) is 14.7 Å². The highest BCUT2D eigenvalue weighted by Gasteiger charge is 2.26. The maximum Gasteiger partial charge on any atom is 0.345 e. The van der Waals surface area contributed by atoms with Gasteiger partial charge < -0.3 is 14.4 Å². The molecule has 2 aromatic rings. The summed E-state index contributed by atoms with van der Waals surface area (Å²) in [5.41, 5.74) is -0.334. The summed E-state index contributed by atoms with van der Waals surface area (Å²) in [6.07, 6.45) is 0.760. The van der Waals surface area contributed by atoms with Crippen LogP contribution in [0.25, 0.3) is 10.9 Å². The van der Waals surface area contributed by atoms with Gasteiger partial charge in [-0.2, -0.15) is 0 Å². The maximum absolute atomic E-state index is 12.3. The molecule has 3 rings (SSSR count). The van der Waals surface area contributed by atoms with Gasteiger partial charge in [0, 0.05) is 6.54 Å². The van der Waals surface area contributed by atoms with Gasteiger partial charge in [0.05, 0.1) is 22.5 Å². The van der Waals surface area contributed by atoms with Crippen LogP contribution in [0, 0.1) is 0 Å². The fourth-order valence-corrected chi connectivity index (χ4v) is 2.64. The lowest BCUT2D eigenvalue weighted by Gasteiger charge is -2.23. The number of rotatable bonds is 1. The van der Waals surface area contributed by atoms with Crippen LogP contribution in [0.5, 0.6) is 5.88 Å².